The van der Waals surface area contributed by atoms with Crippen LogP contribution in [0.25, 0.3) is 16.0 Å². The van der Waals surface area contributed by atoms with E-state index in [1.807, 2.05) is 49.4 Å². The number of fused-ring (bicyclic) bond motifs is 1. The summed E-state index contributed by atoms with van der Waals surface area (Å²) in [6, 6.07) is 23.8. The summed E-state index contributed by atoms with van der Waals surface area (Å²) >= 11 is 1.35. The Morgan fingerprint density at radius 1 is 1.00 bits per heavy atom. The number of amides is 1. The van der Waals surface area contributed by atoms with Crippen LogP contribution < -0.4 is 9.64 Å². The van der Waals surface area contributed by atoms with E-state index in [1.165, 1.54) is 16.2 Å². The molecule has 0 spiro atoms. The van der Waals surface area contributed by atoms with E-state index in [1.54, 1.807) is 42.7 Å². The molecular formula is C35H31N3O4S. The molecule has 1 fully saturated rings. The van der Waals surface area contributed by atoms with Crippen LogP contribution in [-0.4, -0.2) is 26.8 Å². The summed E-state index contributed by atoms with van der Waals surface area (Å²) in [7, 11) is 0. The van der Waals surface area contributed by atoms with Crippen molar-refractivity contribution in [2.45, 2.75) is 45.8 Å². The van der Waals surface area contributed by atoms with E-state index in [9.17, 15) is 14.7 Å². The molecule has 1 unspecified atom stereocenters. The number of aromatic nitrogens is 2. The molecule has 2 aromatic heterocycles. The lowest BCUT2D eigenvalue weighted by molar-refractivity contribution is -0.132. The highest BCUT2D eigenvalue weighted by Crippen LogP contribution is 2.44. The predicted octanol–water partition coefficient (Wildman–Crippen LogP) is 7.50. The van der Waals surface area contributed by atoms with Crippen molar-refractivity contribution in [3.8, 4) is 5.75 Å². The van der Waals surface area contributed by atoms with Crippen molar-refractivity contribution in [1.82, 2.24) is 9.97 Å². The van der Waals surface area contributed by atoms with Crippen molar-refractivity contribution >= 4 is 44.1 Å². The van der Waals surface area contributed by atoms with E-state index in [2.05, 4.69) is 31.8 Å². The summed E-state index contributed by atoms with van der Waals surface area (Å²) in [5, 5.41) is 12.0. The largest absolute Gasteiger partial charge is 0.507 e. The number of carbonyl (C=O) groups is 2. The molecule has 3 heterocycles. The van der Waals surface area contributed by atoms with Gasteiger partial charge in [-0.25, -0.2) is 4.98 Å². The number of Topliss-reactive ketones (excluding diaryl/α,β-unsaturated/α-hetero) is 1. The zero-order valence-corrected chi connectivity index (χ0v) is 25.2. The smallest absolute Gasteiger partial charge is 0.301 e. The minimum atomic E-state index is -0.898. The fourth-order valence-corrected chi connectivity index (χ4v) is 6.25. The average Bonchev–Trinajstić information content (AvgIpc) is 3.54. The van der Waals surface area contributed by atoms with Crippen LogP contribution in [0.3, 0.4) is 0 Å². The molecule has 0 saturated carbocycles. The van der Waals surface area contributed by atoms with Crippen LogP contribution in [0.4, 0.5) is 5.13 Å². The van der Waals surface area contributed by atoms with Crippen LogP contribution in [-0.2, 0) is 21.6 Å². The Morgan fingerprint density at radius 2 is 1.79 bits per heavy atom. The fourth-order valence-electron chi connectivity index (χ4n) is 5.21. The quantitative estimate of drug-likeness (QED) is 0.125. The third kappa shape index (κ3) is 5.42. The highest BCUT2D eigenvalue weighted by Gasteiger charge is 2.48. The second-order valence-corrected chi connectivity index (χ2v) is 12.6. The van der Waals surface area contributed by atoms with Crippen LogP contribution >= 0.6 is 11.3 Å². The highest BCUT2D eigenvalue weighted by atomic mass is 32.1. The number of nitrogens with zero attached hydrogens (tertiary/aromatic N) is 3. The standard InChI is InChI=1S/C35H31N3O4S/c1-21-17-23(12-15-27(21)42-20-22-9-6-5-7-10-22)31(39)29-30(24-11-8-16-36-19-24)38(33(41)32(29)40)34-37-26-14-13-25(35(2,3)4)18-28(26)43-34/h5-19,30,39H,20H2,1-4H3/b31-29+. The lowest BCUT2D eigenvalue weighted by atomic mass is 9.87. The second kappa shape index (κ2) is 11.1. The number of benzene rings is 3. The number of aliphatic hydroxyl groups excluding tert-OH is 1. The molecule has 1 amide bonds. The van der Waals surface area contributed by atoms with Gasteiger partial charge in [-0.1, -0.05) is 74.6 Å². The van der Waals surface area contributed by atoms with Gasteiger partial charge in [0.2, 0.25) is 0 Å². The maximum atomic E-state index is 13.6. The van der Waals surface area contributed by atoms with Crippen LogP contribution in [0.5, 0.6) is 5.75 Å². The first-order valence-electron chi connectivity index (χ1n) is 14.0. The molecule has 1 aliphatic heterocycles. The van der Waals surface area contributed by atoms with Crippen LogP contribution in [0.1, 0.15) is 54.6 Å². The number of rotatable bonds is 6. The summed E-state index contributed by atoms with van der Waals surface area (Å²) < 4.78 is 6.92. The van der Waals surface area contributed by atoms with Crippen molar-refractivity contribution in [2.75, 3.05) is 4.90 Å². The summed E-state index contributed by atoms with van der Waals surface area (Å²) in [6.45, 7) is 8.70. The monoisotopic (exact) mass is 589 g/mol. The molecule has 7 nitrogen and oxygen atoms in total. The molecule has 8 heteroatoms. The predicted molar refractivity (Wildman–Crippen MR) is 169 cm³/mol. The second-order valence-electron chi connectivity index (χ2n) is 11.6. The summed E-state index contributed by atoms with van der Waals surface area (Å²) in [5.41, 5.74) is 4.65. The topological polar surface area (TPSA) is 92.6 Å². The van der Waals surface area contributed by atoms with Gasteiger partial charge in [0, 0.05) is 18.0 Å². The van der Waals surface area contributed by atoms with Gasteiger partial charge in [0.25, 0.3) is 5.78 Å². The van der Waals surface area contributed by atoms with Crippen molar-refractivity contribution in [1.29, 1.82) is 0 Å². The van der Waals surface area contributed by atoms with Gasteiger partial charge < -0.3 is 9.84 Å². The number of ether oxygens (including phenoxy) is 1. The van der Waals surface area contributed by atoms with Gasteiger partial charge in [-0.2, -0.15) is 0 Å². The van der Waals surface area contributed by atoms with Gasteiger partial charge in [0.1, 0.15) is 18.1 Å². The normalized spacial score (nSPS) is 16.7. The number of thiazole rings is 1. The van der Waals surface area contributed by atoms with E-state index < -0.39 is 17.7 Å². The minimum Gasteiger partial charge on any atom is -0.507 e. The molecule has 43 heavy (non-hydrogen) atoms. The van der Waals surface area contributed by atoms with Gasteiger partial charge in [0.05, 0.1) is 21.8 Å². The van der Waals surface area contributed by atoms with Crippen molar-refractivity contribution in [2.24, 2.45) is 0 Å². The number of carbonyl (C=O) groups excluding carboxylic acids is 2. The van der Waals surface area contributed by atoms with Crippen LogP contribution in [0.15, 0.2) is 96.8 Å². The fraction of sp³-hybridized carbons (Fsp3) is 0.200. The van der Waals surface area contributed by atoms with E-state index in [0.29, 0.717) is 28.6 Å². The van der Waals surface area contributed by atoms with E-state index in [4.69, 9.17) is 9.72 Å². The molecule has 3 aromatic carbocycles. The molecule has 0 bridgehead atoms. The molecule has 5 aromatic rings. The van der Waals surface area contributed by atoms with E-state index >= 15 is 0 Å². The first-order valence-corrected chi connectivity index (χ1v) is 14.8. The summed E-state index contributed by atoms with van der Waals surface area (Å²) in [6.07, 6.45) is 3.23. The molecule has 0 radical (unpaired) electrons. The number of anilines is 1. The van der Waals surface area contributed by atoms with Crippen LogP contribution in [0.2, 0.25) is 0 Å². The molecule has 1 atom stereocenters. The Hall–Kier alpha value is -4.82. The Kier molecular flexibility index (Phi) is 7.31. The molecule has 1 aliphatic rings. The molecule has 216 valence electrons. The van der Waals surface area contributed by atoms with Crippen LogP contribution in [0, 0.1) is 6.92 Å². The molecule has 6 rings (SSSR count). The lowest BCUT2D eigenvalue weighted by Crippen LogP contribution is -2.29. The van der Waals surface area contributed by atoms with Gasteiger partial charge in [-0.15, -0.1) is 0 Å². The first kappa shape index (κ1) is 28.3. The summed E-state index contributed by atoms with van der Waals surface area (Å²) in [5.74, 6) is -1.12. The van der Waals surface area contributed by atoms with Gasteiger partial charge in [0.15, 0.2) is 5.13 Å². The number of hydrogen-bond donors (Lipinski definition) is 1. The number of ketones is 1. The van der Waals surface area contributed by atoms with E-state index in [0.717, 1.165) is 26.9 Å². The molecule has 1 saturated heterocycles. The molecule has 0 aliphatic carbocycles. The average molecular weight is 590 g/mol. The highest BCUT2D eigenvalue weighted by molar-refractivity contribution is 7.22. The lowest BCUT2D eigenvalue weighted by Gasteiger charge is -2.22. The summed E-state index contributed by atoms with van der Waals surface area (Å²) in [4.78, 5) is 37.6. The number of aryl methyl sites for hydroxylation is 1. The van der Waals surface area contributed by atoms with Gasteiger partial charge in [-0.3, -0.25) is 19.5 Å². The maximum absolute atomic E-state index is 13.6. The van der Waals surface area contributed by atoms with Crippen molar-refractivity contribution in [3.63, 3.8) is 0 Å². The molecular weight excluding hydrogens is 558 g/mol. The van der Waals surface area contributed by atoms with E-state index in [-0.39, 0.29) is 16.7 Å². The minimum absolute atomic E-state index is 0.00927. The third-order valence-electron chi connectivity index (χ3n) is 7.58. The Balaban J connectivity index is 1.41. The zero-order valence-electron chi connectivity index (χ0n) is 24.4. The van der Waals surface area contributed by atoms with Gasteiger partial charge in [-0.05, 0) is 71.0 Å². The van der Waals surface area contributed by atoms with Crippen molar-refractivity contribution in [3.05, 3.63) is 125 Å². The zero-order chi connectivity index (χ0) is 30.3. The maximum Gasteiger partial charge on any atom is 0.301 e. The van der Waals surface area contributed by atoms with Gasteiger partial charge >= 0.3 is 5.91 Å². The number of pyridine rings is 1. The number of hydrogen-bond acceptors (Lipinski definition) is 7. The Bertz CT molecular complexity index is 1870. The Labute approximate surface area is 254 Å². The SMILES string of the molecule is Cc1cc(/C(O)=C2\C(=O)C(=O)N(c3nc4ccc(C(C)(C)C)cc4s3)C2c2cccnc2)ccc1OCc1ccccc1. The third-order valence-corrected chi connectivity index (χ3v) is 8.60. The first-order chi connectivity index (χ1) is 20.6. The Morgan fingerprint density at radius 3 is 2.49 bits per heavy atom. The van der Waals surface area contributed by atoms with Crippen molar-refractivity contribution < 1.29 is 19.4 Å². The number of aliphatic hydroxyl groups is 1. The molecule has 1 N–H and O–H groups in total.